The normalized spacial score (nSPS) is 16.8. The van der Waals surface area contributed by atoms with Crippen LogP contribution < -0.4 is 5.32 Å². The molecule has 2 heteroatoms. The molecule has 0 bridgehead atoms. The molecule has 1 unspecified atom stereocenters. The van der Waals surface area contributed by atoms with Crippen molar-refractivity contribution in [1.82, 2.24) is 4.98 Å². The Balaban J connectivity index is 1.98. The summed E-state index contributed by atoms with van der Waals surface area (Å²) in [5.41, 5.74) is 3.60. The minimum Gasteiger partial charge on any atom is -0.381 e. The maximum atomic E-state index is 4.49. The van der Waals surface area contributed by atoms with E-state index in [2.05, 4.69) is 42.3 Å². The zero-order valence-electron chi connectivity index (χ0n) is 11.1. The SMILES string of the molecule is CCC(Nc1ccc(C)c2ncccc12)C1CC1. The molecule has 1 atom stereocenters. The highest BCUT2D eigenvalue weighted by Crippen LogP contribution is 2.36. The molecule has 0 aliphatic heterocycles. The smallest absolute Gasteiger partial charge is 0.0751 e. The van der Waals surface area contributed by atoms with Crippen LogP contribution in [0.3, 0.4) is 0 Å². The summed E-state index contributed by atoms with van der Waals surface area (Å²) in [7, 11) is 0. The van der Waals surface area contributed by atoms with E-state index in [0.717, 1.165) is 11.4 Å². The van der Waals surface area contributed by atoms with Gasteiger partial charge in [-0.1, -0.05) is 13.0 Å². The third-order valence-electron chi connectivity index (χ3n) is 3.94. The molecule has 1 N–H and O–H groups in total. The fraction of sp³-hybridized carbons (Fsp3) is 0.438. The van der Waals surface area contributed by atoms with Crippen molar-refractivity contribution in [3.05, 3.63) is 36.0 Å². The van der Waals surface area contributed by atoms with Crippen LogP contribution in [0, 0.1) is 12.8 Å². The monoisotopic (exact) mass is 240 g/mol. The van der Waals surface area contributed by atoms with E-state index in [1.807, 2.05) is 12.3 Å². The van der Waals surface area contributed by atoms with E-state index in [-0.39, 0.29) is 0 Å². The average molecular weight is 240 g/mol. The highest BCUT2D eigenvalue weighted by atomic mass is 14.9. The first-order valence-corrected chi connectivity index (χ1v) is 6.90. The second-order valence-electron chi connectivity index (χ2n) is 5.33. The summed E-state index contributed by atoms with van der Waals surface area (Å²) in [5.74, 6) is 0.878. The Kier molecular flexibility index (Phi) is 2.94. The molecule has 1 heterocycles. The van der Waals surface area contributed by atoms with Crippen LogP contribution in [0.4, 0.5) is 5.69 Å². The third-order valence-corrected chi connectivity index (χ3v) is 3.94. The van der Waals surface area contributed by atoms with Gasteiger partial charge in [0.25, 0.3) is 0 Å². The fourth-order valence-corrected chi connectivity index (χ4v) is 2.69. The van der Waals surface area contributed by atoms with E-state index in [1.165, 1.54) is 35.9 Å². The summed E-state index contributed by atoms with van der Waals surface area (Å²) < 4.78 is 0. The number of aryl methyl sites for hydroxylation is 1. The minimum atomic E-state index is 0.621. The molecular formula is C16H20N2. The van der Waals surface area contributed by atoms with Crippen molar-refractivity contribution in [2.45, 2.75) is 39.2 Å². The number of benzene rings is 1. The van der Waals surface area contributed by atoms with Gasteiger partial charge in [0.05, 0.1) is 5.52 Å². The molecule has 94 valence electrons. The van der Waals surface area contributed by atoms with E-state index < -0.39 is 0 Å². The zero-order valence-corrected chi connectivity index (χ0v) is 11.1. The first-order chi connectivity index (χ1) is 8.79. The van der Waals surface area contributed by atoms with Crippen molar-refractivity contribution in [2.75, 3.05) is 5.32 Å². The topological polar surface area (TPSA) is 24.9 Å². The largest absolute Gasteiger partial charge is 0.381 e. The number of pyridine rings is 1. The van der Waals surface area contributed by atoms with E-state index in [4.69, 9.17) is 0 Å². The number of anilines is 1. The second kappa shape index (κ2) is 4.60. The van der Waals surface area contributed by atoms with Gasteiger partial charge < -0.3 is 5.32 Å². The highest BCUT2D eigenvalue weighted by molar-refractivity contribution is 5.93. The van der Waals surface area contributed by atoms with Crippen LogP contribution in [0.25, 0.3) is 10.9 Å². The number of aromatic nitrogens is 1. The van der Waals surface area contributed by atoms with Crippen LogP contribution in [0.1, 0.15) is 31.7 Å². The molecule has 0 saturated heterocycles. The molecule has 1 aliphatic rings. The van der Waals surface area contributed by atoms with E-state index in [0.29, 0.717) is 6.04 Å². The predicted octanol–water partition coefficient (Wildman–Crippen LogP) is 4.14. The molecular weight excluding hydrogens is 220 g/mol. The Morgan fingerprint density at radius 2 is 2.17 bits per heavy atom. The average Bonchev–Trinajstić information content (AvgIpc) is 3.23. The van der Waals surface area contributed by atoms with Crippen LogP contribution in [0.5, 0.6) is 0 Å². The van der Waals surface area contributed by atoms with Crippen molar-refractivity contribution in [3.8, 4) is 0 Å². The lowest BCUT2D eigenvalue weighted by Gasteiger charge is -2.19. The van der Waals surface area contributed by atoms with Crippen LogP contribution in [0.2, 0.25) is 0 Å². The number of rotatable bonds is 4. The minimum absolute atomic E-state index is 0.621. The van der Waals surface area contributed by atoms with Gasteiger partial charge in [-0.25, -0.2) is 0 Å². The number of nitrogens with zero attached hydrogens (tertiary/aromatic N) is 1. The molecule has 3 rings (SSSR count). The lowest BCUT2D eigenvalue weighted by Crippen LogP contribution is -2.20. The Labute approximate surface area is 108 Å². The number of fused-ring (bicyclic) bond motifs is 1. The lowest BCUT2D eigenvalue weighted by atomic mass is 10.1. The van der Waals surface area contributed by atoms with Gasteiger partial charge >= 0.3 is 0 Å². The lowest BCUT2D eigenvalue weighted by molar-refractivity contribution is 0.617. The van der Waals surface area contributed by atoms with Crippen LogP contribution in [-0.2, 0) is 0 Å². The van der Waals surface area contributed by atoms with Crippen LogP contribution in [0.15, 0.2) is 30.5 Å². The van der Waals surface area contributed by atoms with Crippen molar-refractivity contribution < 1.29 is 0 Å². The second-order valence-corrected chi connectivity index (χ2v) is 5.33. The molecule has 1 aliphatic carbocycles. The molecule has 0 radical (unpaired) electrons. The highest BCUT2D eigenvalue weighted by Gasteiger charge is 2.30. The predicted molar refractivity (Wildman–Crippen MR) is 76.9 cm³/mol. The zero-order chi connectivity index (χ0) is 12.5. The molecule has 2 nitrogen and oxygen atoms in total. The van der Waals surface area contributed by atoms with Gasteiger partial charge in [0.1, 0.15) is 0 Å². The van der Waals surface area contributed by atoms with Crippen molar-refractivity contribution in [3.63, 3.8) is 0 Å². The maximum absolute atomic E-state index is 4.49. The van der Waals surface area contributed by atoms with E-state index in [9.17, 15) is 0 Å². The molecule has 2 aromatic rings. The van der Waals surface area contributed by atoms with Crippen molar-refractivity contribution in [2.24, 2.45) is 5.92 Å². The summed E-state index contributed by atoms with van der Waals surface area (Å²) >= 11 is 0. The van der Waals surface area contributed by atoms with Gasteiger partial charge in [0, 0.05) is 23.3 Å². The Morgan fingerprint density at radius 1 is 1.33 bits per heavy atom. The summed E-state index contributed by atoms with van der Waals surface area (Å²) in [5, 5.41) is 4.97. The summed E-state index contributed by atoms with van der Waals surface area (Å²) in [4.78, 5) is 4.49. The number of hydrogen-bond donors (Lipinski definition) is 1. The van der Waals surface area contributed by atoms with Crippen molar-refractivity contribution in [1.29, 1.82) is 0 Å². The molecule has 0 amide bonds. The molecule has 1 aromatic carbocycles. The maximum Gasteiger partial charge on any atom is 0.0751 e. The van der Waals surface area contributed by atoms with Crippen LogP contribution >= 0.6 is 0 Å². The van der Waals surface area contributed by atoms with Gasteiger partial charge in [0.15, 0.2) is 0 Å². The van der Waals surface area contributed by atoms with Gasteiger partial charge in [-0.2, -0.15) is 0 Å². The van der Waals surface area contributed by atoms with Gasteiger partial charge in [0.2, 0.25) is 0 Å². The Bertz CT molecular complexity index is 558. The first kappa shape index (κ1) is 11.5. The summed E-state index contributed by atoms with van der Waals surface area (Å²) in [6.45, 7) is 4.39. The van der Waals surface area contributed by atoms with E-state index in [1.54, 1.807) is 0 Å². The summed E-state index contributed by atoms with van der Waals surface area (Å²) in [6, 6.07) is 9.17. The van der Waals surface area contributed by atoms with Crippen molar-refractivity contribution >= 4 is 16.6 Å². The molecule has 1 aromatic heterocycles. The standard InChI is InChI=1S/C16H20N2/c1-3-14(12-7-8-12)18-15-9-6-11(2)16-13(15)5-4-10-17-16/h4-6,9-10,12,14,18H,3,7-8H2,1-2H3. The van der Waals surface area contributed by atoms with Gasteiger partial charge in [-0.05, 0) is 55.9 Å². The fourth-order valence-electron chi connectivity index (χ4n) is 2.69. The van der Waals surface area contributed by atoms with Crippen LogP contribution in [-0.4, -0.2) is 11.0 Å². The first-order valence-electron chi connectivity index (χ1n) is 6.90. The molecule has 1 fully saturated rings. The number of nitrogens with one attached hydrogen (secondary N) is 1. The molecule has 1 saturated carbocycles. The van der Waals surface area contributed by atoms with Gasteiger partial charge in [-0.3, -0.25) is 4.98 Å². The Morgan fingerprint density at radius 3 is 2.89 bits per heavy atom. The summed E-state index contributed by atoms with van der Waals surface area (Å²) in [6.07, 6.45) is 5.83. The Hall–Kier alpha value is -1.57. The quantitative estimate of drug-likeness (QED) is 0.868. The number of hydrogen-bond acceptors (Lipinski definition) is 2. The van der Waals surface area contributed by atoms with E-state index >= 15 is 0 Å². The third kappa shape index (κ3) is 2.07. The molecule has 0 spiro atoms. The molecule has 18 heavy (non-hydrogen) atoms. The van der Waals surface area contributed by atoms with Gasteiger partial charge in [-0.15, -0.1) is 0 Å².